The molecule has 0 radical (unpaired) electrons. The Kier molecular flexibility index (Phi) is 8.15. The molecule has 1 saturated carbocycles. The number of nitrogens with zero attached hydrogens (tertiary/aromatic N) is 2. The standard InChI is InChI=1S/C28H45N3O/c1-3-4-14-26-29-27(32)28(31(26)25-17-15-23(2)16-18-25)19-21-30(22-20-28)24-12-10-8-6-5-7-9-11-13-24/h15-18,24,26H,3-14,19-22H2,1-2H3,(H,29,32)/t26-/m1/s1. The molecule has 2 aliphatic heterocycles. The van der Waals surface area contributed by atoms with Crippen LogP contribution in [0.25, 0.3) is 0 Å². The molecule has 178 valence electrons. The van der Waals surface area contributed by atoms with E-state index in [2.05, 4.69) is 53.2 Å². The number of piperidine rings is 1. The molecule has 0 bridgehead atoms. The van der Waals surface area contributed by atoms with Gasteiger partial charge in [0.25, 0.3) is 0 Å². The molecule has 0 aromatic heterocycles. The number of hydrogen-bond donors (Lipinski definition) is 1. The number of rotatable bonds is 5. The highest BCUT2D eigenvalue weighted by molar-refractivity contribution is 5.94. The first-order valence-electron chi connectivity index (χ1n) is 13.5. The van der Waals surface area contributed by atoms with Crippen molar-refractivity contribution in [2.75, 3.05) is 18.0 Å². The lowest BCUT2D eigenvalue weighted by molar-refractivity contribution is -0.125. The summed E-state index contributed by atoms with van der Waals surface area (Å²) in [6.07, 6.45) is 17.9. The maximum atomic E-state index is 13.5. The van der Waals surface area contributed by atoms with Crippen molar-refractivity contribution in [3.63, 3.8) is 0 Å². The first-order chi connectivity index (χ1) is 15.6. The van der Waals surface area contributed by atoms with Gasteiger partial charge >= 0.3 is 0 Å². The molecule has 3 fully saturated rings. The number of aryl methyl sites for hydroxylation is 1. The maximum Gasteiger partial charge on any atom is 0.247 e. The largest absolute Gasteiger partial charge is 0.336 e. The second-order valence-corrected chi connectivity index (χ2v) is 10.6. The number of benzene rings is 1. The van der Waals surface area contributed by atoms with E-state index in [1.165, 1.54) is 69.0 Å². The quantitative estimate of drug-likeness (QED) is 0.595. The molecular weight excluding hydrogens is 394 g/mol. The summed E-state index contributed by atoms with van der Waals surface area (Å²) < 4.78 is 0. The van der Waals surface area contributed by atoms with E-state index in [9.17, 15) is 4.79 Å². The number of carbonyl (C=O) groups is 1. The van der Waals surface area contributed by atoms with Gasteiger partial charge in [-0.2, -0.15) is 0 Å². The van der Waals surface area contributed by atoms with Crippen LogP contribution in [-0.2, 0) is 4.79 Å². The Morgan fingerprint density at radius 1 is 0.938 bits per heavy atom. The summed E-state index contributed by atoms with van der Waals surface area (Å²) in [5.74, 6) is 0.268. The van der Waals surface area contributed by atoms with Crippen LogP contribution in [0.15, 0.2) is 24.3 Å². The second kappa shape index (κ2) is 11.0. The average Bonchev–Trinajstić information content (AvgIpc) is 3.08. The Morgan fingerprint density at radius 2 is 1.53 bits per heavy atom. The van der Waals surface area contributed by atoms with Crippen molar-refractivity contribution in [2.24, 2.45) is 0 Å². The van der Waals surface area contributed by atoms with Gasteiger partial charge < -0.3 is 15.1 Å². The normalized spacial score (nSPS) is 25.8. The van der Waals surface area contributed by atoms with Gasteiger partial charge in [0.2, 0.25) is 5.91 Å². The molecular formula is C28H45N3O. The lowest BCUT2D eigenvalue weighted by Crippen LogP contribution is -2.58. The molecule has 1 N–H and O–H groups in total. The average molecular weight is 440 g/mol. The van der Waals surface area contributed by atoms with E-state index in [0.29, 0.717) is 0 Å². The molecule has 4 heteroatoms. The van der Waals surface area contributed by atoms with Crippen LogP contribution in [0.3, 0.4) is 0 Å². The van der Waals surface area contributed by atoms with Crippen LogP contribution >= 0.6 is 0 Å². The SMILES string of the molecule is CCCC[C@@H]1NC(=O)C2(CCN(C3CCCCCCCCC3)CC2)N1c1ccc(C)cc1. The third kappa shape index (κ3) is 5.16. The molecule has 2 heterocycles. The van der Waals surface area contributed by atoms with Crippen LogP contribution in [0, 0.1) is 6.92 Å². The Labute approximate surface area is 196 Å². The lowest BCUT2D eigenvalue weighted by atomic mass is 9.84. The van der Waals surface area contributed by atoms with Gasteiger partial charge in [-0.15, -0.1) is 0 Å². The van der Waals surface area contributed by atoms with E-state index in [-0.39, 0.29) is 17.6 Å². The summed E-state index contributed by atoms with van der Waals surface area (Å²) in [6.45, 7) is 6.49. The number of carbonyl (C=O) groups excluding carboxylic acids is 1. The third-order valence-corrected chi connectivity index (χ3v) is 8.35. The second-order valence-electron chi connectivity index (χ2n) is 10.6. The van der Waals surface area contributed by atoms with E-state index < -0.39 is 0 Å². The predicted octanol–water partition coefficient (Wildman–Crippen LogP) is 6.18. The highest BCUT2D eigenvalue weighted by Gasteiger charge is 2.54. The summed E-state index contributed by atoms with van der Waals surface area (Å²) in [6, 6.07) is 9.56. The maximum absolute atomic E-state index is 13.5. The fraction of sp³-hybridized carbons (Fsp3) is 0.750. The molecule has 1 aromatic rings. The van der Waals surface area contributed by atoms with Crippen molar-refractivity contribution < 1.29 is 4.79 Å². The van der Waals surface area contributed by atoms with Crippen LogP contribution in [0.4, 0.5) is 5.69 Å². The van der Waals surface area contributed by atoms with Gasteiger partial charge in [0.1, 0.15) is 11.7 Å². The minimum atomic E-state index is -0.375. The number of nitrogens with one attached hydrogen (secondary N) is 1. The molecule has 1 spiro atoms. The zero-order chi connectivity index (χ0) is 22.4. The molecule has 2 saturated heterocycles. The molecule has 0 unspecified atom stereocenters. The Morgan fingerprint density at radius 3 is 2.12 bits per heavy atom. The van der Waals surface area contributed by atoms with Gasteiger partial charge in [-0.3, -0.25) is 4.79 Å². The van der Waals surface area contributed by atoms with Crippen molar-refractivity contribution in [3.8, 4) is 0 Å². The zero-order valence-corrected chi connectivity index (χ0v) is 20.6. The minimum absolute atomic E-state index is 0.130. The summed E-state index contributed by atoms with van der Waals surface area (Å²) in [4.78, 5) is 18.7. The minimum Gasteiger partial charge on any atom is -0.336 e. The first-order valence-corrected chi connectivity index (χ1v) is 13.5. The number of anilines is 1. The fourth-order valence-corrected chi connectivity index (χ4v) is 6.37. The van der Waals surface area contributed by atoms with E-state index in [0.717, 1.165) is 51.2 Å². The Bertz CT molecular complexity index is 713. The van der Waals surface area contributed by atoms with Crippen LogP contribution < -0.4 is 10.2 Å². The summed E-state index contributed by atoms with van der Waals surface area (Å²) in [7, 11) is 0. The third-order valence-electron chi connectivity index (χ3n) is 8.35. The van der Waals surface area contributed by atoms with E-state index in [1.807, 2.05) is 0 Å². The van der Waals surface area contributed by atoms with Crippen LogP contribution in [0.1, 0.15) is 102 Å². The lowest BCUT2D eigenvalue weighted by Gasteiger charge is -2.47. The highest BCUT2D eigenvalue weighted by atomic mass is 16.2. The Hall–Kier alpha value is -1.55. The summed E-state index contributed by atoms with van der Waals surface area (Å²) in [5.41, 5.74) is 2.11. The van der Waals surface area contributed by atoms with Crippen molar-refractivity contribution in [1.29, 1.82) is 0 Å². The zero-order valence-electron chi connectivity index (χ0n) is 20.6. The molecule has 32 heavy (non-hydrogen) atoms. The number of amides is 1. The monoisotopic (exact) mass is 439 g/mol. The van der Waals surface area contributed by atoms with Crippen molar-refractivity contribution in [1.82, 2.24) is 10.2 Å². The van der Waals surface area contributed by atoms with Gasteiger partial charge in [-0.05, 0) is 57.6 Å². The summed E-state index contributed by atoms with van der Waals surface area (Å²) in [5, 5.41) is 3.41. The van der Waals surface area contributed by atoms with E-state index in [1.54, 1.807) is 0 Å². The molecule has 1 atom stereocenters. The van der Waals surface area contributed by atoms with Crippen molar-refractivity contribution >= 4 is 11.6 Å². The van der Waals surface area contributed by atoms with Gasteiger partial charge in [-0.1, -0.05) is 76.0 Å². The number of hydrogen-bond acceptors (Lipinski definition) is 3. The summed E-state index contributed by atoms with van der Waals surface area (Å²) >= 11 is 0. The Balaban J connectivity index is 1.49. The predicted molar refractivity (Wildman–Crippen MR) is 134 cm³/mol. The van der Waals surface area contributed by atoms with Gasteiger partial charge in [0.05, 0.1) is 0 Å². The van der Waals surface area contributed by atoms with Gasteiger partial charge in [0, 0.05) is 24.8 Å². The topological polar surface area (TPSA) is 35.6 Å². The first kappa shape index (κ1) is 23.6. The molecule has 4 nitrogen and oxygen atoms in total. The fourth-order valence-electron chi connectivity index (χ4n) is 6.37. The molecule has 3 aliphatic rings. The van der Waals surface area contributed by atoms with Gasteiger partial charge in [0.15, 0.2) is 0 Å². The number of unbranched alkanes of at least 4 members (excludes halogenated alkanes) is 1. The van der Waals surface area contributed by atoms with Gasteiger partial charge in [-0.25, -0.2) is 0 Å². The van der Waals surface area contributed by atoms with Crippen LogP contribution in [0.2, 0.25) is 0 Å². The van der Waals surface area contributed by atoms with Crippen LogP contribution in [0.5, 0.6) is 0 Å². The van der Waals surface area contributed by atoms with E-state index in [4.69, 9.17) is 0 Å². The highest BCUT2D eigenvalue weighted by Crippen LogP contribution is 2.41. The molecule has 1 aliphatic carbocycles. The van der Waals surface area contributed by atoms with E-state index >= 15 is 0 Å². The molecule has 1 aromatic carbocycles. The number of likely N-dealkylation sites (tertiary alicyclic amines) is 1. The molecule has 4 rings (SSSR count). The smallest absolute Gasteiger partial charge is 0.247 e. The van der Waals surface area contributed by atoms with Crippen molar-refractivity contribution in [3.05, 3.63) is 29.8 Å². The van der Waals surface area contributed by atoms with Crippen molar-refractivity contribution in [2.45, 2.75) is 121 Å². The van der Waals surface area contributed by atoms with Crippen LogP contribution in [-0.4, -0.2) is 41.6 Å². The molecule has 1 amide bonds.